The van der Waals surface area contributed by atoms with Crippen molar-refractivity contribution in [3.63, 3.8) is 0 Å². The zero-order valence-corrected chi connectivity index (χ0v) is 15.4. The van der Waals surface area contributed by atoms with E-state index in [1.807, 2.05) is 6.08 Å². The SMILES string of the molecule is CCCCCCCCCCCC=CC=CC(OO)=C(OO)C(=O)OC. The normalized spacial score (nSPS) is 12.5. The van der Waals surface area contributed by atoms with Gasteiger partial charge in [-0.25, -0.2) is 15.3 Å². The lowest BCUT2D eigenvalue weighted by atomic mass is 10.1. The van der Waals surface area contributed by atoms with Gasteiger partial charge in [0.05, 0.1) is 7.11 Å². The first-order valence-corrected chi connectivity index (χ1v) is 8.99. The van der Waals surface area contributed by atoms with Crippen molar-refractivity contribution in [2.75, 3.05) is 7.11 Å². The monoisotopic (exact) mass is 356 g/mol. The van der Waals surface area contributed by atoms with Gasteiger partial charge in [0.25, 0.3) is 5.76 Å². The molecule has 0 aliphatic heterocycles. The Morgan fingerprint density at radius 2 is 1.48 bits per heavy atom. The van der Waals surface area contributed by atoms with Crippen molar-refractivity contribution in [2.45, 2.75) is 71.1 Å². The summed E-state index contributed by atoms with van der Waals surface area (Å²) in [4.78, 5) is 19.1. The average Bonchev–Trinajstić information content (AvgIpc) is 2.64. The predicted octanol–water partition coefficient (Wildman–Crippen LogP) is 5.38. The van der Waals surface area contributed by atoms with Gasteiger partial charge in [0.2, 0.25) is 5.76 Å². The van der Waals surface area contributed by atoms with E-state index in [1.54, 1.807) is 12.2 Å². The Bertz CT molecular complexity index is 426. The highest BCUT2D eigenvalue weighted by Crippen LogP contribution is 2.11. The number of unbranched alkanes of at least 4 members (excludes halogenated alkanes) is 9. The second kappa shape index (κ2) is 17.0. The lowest BCUT2D eigenvalue weighted by molar-refractivity contribution is -0.235. The van der Waals surface area contributed by atoms with E-state index in [0.717, 1.165) is 20.0 Å². The number of hydrogen-bond acceptors (Lipinski definition) is 6. The van der Waals surface area contributed by atoms with Crippen LogP contribution in [0.4, 0.5) is 0 Å². The Kier molecular flexibility index (Phi) is 15.8. The molecule has 0 aliphatic rings. The van der Waals surface area contributed by atoms with E-state index in [1.165, 1.54) is 57.4 Å². The van der Waals surface area contributed by atoms with E-state index in [9.17, 15) is 4.79 Å². The van der Waals surface area contributed by atoms with Gasteiger partial charge >= 0.3 is 5.97 Å². The Balaban J connectivity index is 3.94. The fraction of sp³-hybridized carbons (Fsp3) is 0.632. The number of esters is 1. The van der Waals surface area contributed by atoms with Crippen molar-refractivity contribution in [1.29, 1.82) is 0 Å². The minimum atomic E-state index is -0.963. The first-order valence-electron chi connectivity index (χ1n) is 8.99. The average molecular weight is 356 g/mol. The number of carbonyl (C=O) groups excluding carboxylic acids is 1. The zero-order valence-electron chi connectivity index (χ0n) is 15.4. The Labute approximate surface area is 150 Å². The molecule has 0 aromatic rings. The quantitative estimate of drug-likeness (QED) is 0.0779. The largest absolute Gasteiger partial charge is 0.463 e. The molecule has 0 amide bonds. The molecule has 2 N–H and O–H groups in total. The molecule has 0 spiro atoms. The standard InChI is InChI=1S/C19H32O6/c1-3-4-5-6-7-8-9-10-11-12-13-14-15-16-17(24-21)18(25-22)19(20)23-2/h13-16,21-22H,3-12H2,1-2H3. The maximum Gasteiger partial charge on any atom is 0.381 e. The molecule has 144 valence electrons. The van der Waals surface area contributed by atoms with Gasteiger partial charge in [-0.2, -0.15) is 0 Å². The van der Waals surface area contributed by atoms with Crippen LogP contribution in [0.5, 0.6) is 0 Å². The molecule has 0 atom stereocenters. The van der Waals surface area contributed by atoms with Gasteiger partial charge in [-0.05, 0) is 18.9 Å². The molecular formula is C19H32O6. The number of ether oxygens (including phenoxy) is 1. The van der Waals surface area contributed by atoms with Crippen molar-refractivity contribution in [3.8, 4) is 0 Å². The zero-order chi connectivity index (χ0) is 18.8. The highest BCUT2D eigenvalue weighted by atomic mass is 17.1. The molecule has 0 saturated carbocycles. The second-order valence-corrected chi connectivity index (χ2v) is 5.77. The smallest absolute Gasteiger partial charge is 0.381 e. The van der Waals surface area contributed by atoms with E-state index >= 15 is 0 Å². The van der Waals surface area contributed by atoms with Crippen molar-refractivity contribution in [2.24, 2.45) is 0 Å². The van der Waals surface area contributed by atoms with Crippen LogP contribution in [0.2, 0.25) is 0 Å². The predicted molar refractivity (Wildman–Crippen MR) is 96.6 cm³/mol. The van der Waals surface area contributed by atoms with Crippen LogP contribution in [0.15, 0.2) is 35.8 Å². The number of hydrogen-bond donors (Lipinski definition) is 2. The Hall–Kier alpha value is -1.79. The van der Waals surface area contributed by atoms with Crippen LogP contribution in [0.25, 0.3) is 0 Å². The van der Waals surface area contributed by atoms with Crippen LogP contribution in [-0.2, 0) is 19.3 Å². The molecule has 0 aromatic heterocycles. The minimum Gasteiger partial charge on any atom is -0.463 e. The van der Waals surface area contributed by atoms with Crippen LogP contribution in [0.3, 0.4) is 0 Å². The fourth-order valence-corrected chi connectivity index (χ4v) is 2.31. The fourth-order valence-electron chi connectivity index (χ4n) is 2.31. The summed E-state index contributed by atoms with van der Waals surface area (Å²) < 4.78 is 4.38. The first kappa shape index (κ1) is 23.2. The number of rotatable bonds is 15. The highest BCUT2D eigenvalue weighted by molar-refractivity contribution is 5.87. The summed E-state index contributed by atoms with van der Waals surface area (Å²) >= 11 is 0. The molecule has 0 rings (SSSR count). The topological polar surface area (TPSA) is 85.2 Å². The summed E-state index contributed by atoms with van der Waals surface area (Å²) in [6.45, 7) is 2.23. The maximum absolute atomic E-state index is 11.3. The molecule has 0 unspecified atom stereocenters. The van der Waals surface area contributed by atoms with E-state index < -0.39 is 11.7 Å². The van der Waals surface area contributed by atoms with Gasteiger partial charge in [0.15, 0.2) is 0 Å². The van der Waals surface area contributed by atoms with Crippen LogP contribution in [0.1, 0.15) is 71.1 Å². The van der Waals surface area contributed by atoms with Gasteiger partial charge in [-0.1, -0.05) is 76.5 Å². The summed E-state index contributed by atoms with van der Waals surface area (Å²) in [5.74, 6) is -1.94. The molecule has 0 saturated heterocycles. The van der Waals surface area contributed by atoms with Gasteiger partial charge in [-0.3, -0.25) is 0 Å². The summed E-state index contributed by atoms with van der Waals surface area (Å²) in [7, 11) is 1.12. The van der Waals surface area contributed by atoms with Crippen molar-refractivity contribution in [1.82, 2.24) is 0 Å². The van der Waals surface area contributed by atoms with Crippen LogP contribution < -0.4 is 0 Å². The molecule has 6 heteroatoms. The maximum atomic E-state index is 11.3. The molecule has 25 heavy (non-hydrogen) atoms. The third kappa shape index (κ3) is 12.3. The minimum absolute atomic E-state index is 0.345. The Morgan fingerprint density at radius 3 is 2.00 bits per heavy atom. The molecule has 0 heterocycles. The lowest BCUT2D eigenvalue weighted by Crippen LogP contribution is -2.10. The van der Waals surface area contributed by atoms with Gasteiger partial charge in [0, 0.05) is 0 Å². The highest BCUT2D eigenvalue weighted by Gasteiger charge is 2.19. The van der Waals surface area contributed by atoms with Gasteiger partial charge in [0.1, 0.15) is 0 Å². The summed E-state index contributed by atoms with van der Waals surface area (Å²) in [6.07, 6.45) is 19.2. The lowest BCUT2D eigenvalue weighted by Gasteiger charge is -2.03. The third-order valence-electron chi connectivity index (χ3n) is 3.75. The number of methoxy groups -OCH3 is 1. The molecule has 0 aromatic carbocycles. The van der Waals surface area contributed by atoms with Crippen molar-refractivity contribution >= 4 is 5.97 Å². The first-order chi connectivity index (χ1) is 12.2. The third-order valence-corrected chi connectivity index (χ3v) is 3.75. The number of allylic oxidation sites excluding steroid dienone is 4. The summed E-state index contributed by atoms with van der Waals surface area (Å²) in [6, 6.07) is 0. The molecule has 0 radical (unpaired) electrons. The van der Waals surface area contributed by atoms with E-state index in [-0.39, 0.29) is 5.76 Å². The molecule has 6 nitrogen and oxygen atoms in total. The van der Waals surface area contributed by atoms with Crippen molar-refractivity contribution in [3.05, 3.63) is 35.8 Å². The van der Waals surface area contributed by atoms with Gasteiger partial charge < -0.3 is 14.5 Å². The van der Waals surface area contributed by atoms with E-state index in [4.69, 9.17) is 10.5 Å². The van der Waals surface area contributed by atoms with Crippen molar-refractivity contribution < 1.29 is 29.8 Å². The van der Waals surface area contributed by atoms with Crippen LogP contribution in [0, 0.1) is 0 Å². The molecule has 0 bridgehead atoms. The molecule has 0 aliphatic carbocycles. The van der Waals surface area contributed by atoms with E-state index in [2.05, 4.69) is 21.4 Å². The second-order valence-electron chi connectivity index (χ2n) is 5.77. The summed E-state index contributed by atoms with van der Waals surface area (Å²) in [5.41, 5.74) is 0. The van der Waals surface area contributed by atoms with E-state index in [0.29, 0.717) is 0 Å². The molecule has 0 fully saturated rings. The molecular weight excluding hydrogens is 324 g/mol. The summed E-state index contributed by atoms with van der Waals surface area (Å²) in [5, 5.41) is 17.4. The number of carbonyl (C=O) groups is 1. The Morgan fingerprint density at radius 1 is 0.880 bits per heavy atom. The van der Waals surface area contributed by atoms with Crippen LogP contribution in [-0.4, -0.2) is 23.6 Å². The van der Waals surface area contributed by atoms with Crippen LogP contribution >= 0.6 is 0 Å². The van der Waals surface area contributed by atoms with Gasteiger partial charge in [-0.15, -0.1) is 0 Å².